The van der Waals surface area contributed by atoms with Gasteiger partial charge in [-0.1, -0.05) is 6.92 Å². The fourth-order valence-electron chi connectivity index (χ4n) is 1.80. The van der Waals surface area contributed by atoms with Crippen molar-refractivity contribution in [1.29, 1.82) is 0 Å². The number of nitrogens with one attached hydrogen (secondary N) is 3. The zero-order valence-electron chi connectivity index (χ0n) is 13.9. The summed E-state index contributed by atoms with van der Waals surface area (Å²) in [6.45, 7) is 9.78. The van der Waals surface area contributed by atoms with E-state index in [1.165, 1.54) is 0 Å². The van der Waals surface area contributed by atoms with Crippen molar-refractivity contribution in [3.63, 3.8) is 0 Å². The SMILES string of the molecule is CCCc1nc(NC)cc(NC(C)C(=O)NC(C)(C)C)n1. The monoisotopic (exact) mass is 293 g/mol. The molecule has 6 heteroatoms. The Morgan fingerprint density at radius 3 is 2.43 bits per heavy atom. The molecule has 0 saturated carbocycles. The number of anilines is 2. The number of aromatic nitrogens is 2. The molecular weight excluding hydrogens is 266 g/mol. The van der Waals surface area contributed by atoms with E-state index in [4.69, 9.17) is 0 Å². The molecule has 21 heavy (non-hydrogen) atoms. The molecule has 1 rings (SSSR count). The summed E-state index contributed by atoms with van der Waals surface area (Å²) >= 11 is 0. The van der Waals surface area contributed by atoms with Crippen LogP contribution >= 0.6 is 0 Å². The summed E-state index contributed by atoms with van der Waals surface area (Å²) in [7, 11) is 1.82. The van der Waals surface area contributed by atoms with Crippen LogP contribution in [0.25, 0.3) is 0 Å². The number of hydrogen-bond acceptors (Lipinski definition) is 5. The first-order valence-electron chi connectivity index (χ1n) is 7.39. The van der Waals surface area contributed by atoms with Crippen molar-refractivity contribution in [3.05, 3.63) is 11.9 Å². The predicted octanol–water partition coefficient (Wildman–Crippen LogP) is 2.19. The Balaban J connectivity index is 2.81. The molecule has 0 radical (unpaired) electrons. The zero-order chi connectivity index (χ0) is 16.0. The number of amides is 1. The molecule has 0 aromatic carbocycles. The first-order chi connectivity index (χ1) is 9.75. The number of carbonyl (C=O) groups excluding carboxylic acids is 1. The first-order valence-corrected chi connectivity index (χ1v) is 7.39. The second-order valence-corrected chi connectivity index (χ2v) is 6.16. The molecule has 0 saturated heterocycles. The minimum Gasteiger partial charge on any atom is -0.373 e. The molecule has 0 bridgehead atoms. The van der Waals surface area contributed by atoms with Gasteiger partial charge in [-0.05, 0) is 34.1 Å². The van der Waals surface area contributed by atoms with Crippen LogP contribution in [0, 0.1) is 0 Å². The van der Waals surface area contributed by atoms with Gasteiger partial charge >= 0.3 is 0 Å². The van der Waals surface area contributed by atoms with Crippen molar-refractivity contribution >= 4 is 17.5 Å². The van der Waals surface area contributed by atoms with E-state index in [9.17, 15) is 4.79 Å². The second-order valence-electron chi connectivity index (χ2n) is 6.16. The highest BCUT2D eigenvalue weighted by atomic mass is 16.2. The van der Waals surface area contributed by atoms with E-state index in [0.29, 0.717) is 5.82 Å². The summed E-state index contributed by atoms with van der Waals surface area (Å²) in [4.78, 5) is 20.9. The molecule has 0 aliphatic carbocycles. The fraction of sp³-hybridized carbons (Fsp3) is 0.667. The number of aryl methyl sites for hydroxylation is 1. The molecule has 1 amide bonds. The van der Waals surface area contributed by atoms with Crippen molar-refractivity contribution in [2.45, 2.75) is 59.0 Å². The zero-order valence-corrected chi connectivity index (χ0v) is 13.9. The molecule has 1 unspecified atom stereocenters. The maximum atomic E-state index is 12.1. The largest absolute Gasteiger partial charge is 0.373 e. The van der Waals surface area contributed by atoms with Crippen LogP contribution in [-0.4, -0.2) is 34.5 Å². The van der Waals surface area contributed by atoms with Gasteiger partial charge in [-0.15, -0.1) is 0 Å². The van der Waals surface area contributed by atoms with Crippen molar-refractivity contribution in [3.8, 4) is 0 Å². The Morgan fingerprint density at radius 2 is 1.90 bits per heavy atom. The molecule has 1 aromatic heterocycles. The van der Waals surface area contributed by atoms with Gasteiger partial charge in [0.25, 0.3) is 0 Å². The van der Waals surface area contributed by atoms with Crippen LogP contribution in [-0.2, 0) is 11.2 Å². The van der Waals surface area contributed by atoms with E-state index in [1.54, 1.807) is 6.07 Å². The van der Waals surface area contributed by atoms with Crippen LogP contribution < -0.4 is 16.0 Å². The molecule has 118 valence electrons. The van der Waals surface area contributed by atoms with Gasteiger partial charge in [-0.3, -0.25) is 4.79 Å². The third kappa shape index (κ3) is 5.97. The van der Waals surface area contributed by atoms with Crippen molar-refractivity contribution in [2.24, 2.45) is 0 Å². The lowest BCUT2D eigenvalue weighted by molar-refractivity contribution is -0.122. The van der Waals surface area contributed by atoms with Crippen LogP contribution in [0.4, 0.5) is 11.6 Å². The van der Waals surface area contributed by atoms with Crippen LogP contribution in [0.1, 0.15) is 46.9 Å². The maximum absolute atomic E-state index is 12.1. The van der Waals surface area contributed by atoms with Crippen LogP contribution in [0.3, 0.4) is 0 Å². The lowest BCUT2D eigenvalue weighted by atomic mass is 10.1. The van der Waals surface area contributed by atoms with Crippen molar-refractivity contribution in [1.82, 2.24) is 15.3 Å². The smallest absolute Gasteiger partial charge is 0.242 e. The van der Waals surface area contributed by atoms with E-state index >= 15 is 0 Å². The van der Waals surface area contributed by atoms with E-state index in [1.807, 2.05) is 34.7 Å². The van der Waals surface area contributed by atoms with Gasteiger partial charge in [0.05, 0.1) is 0 Å². The minimum absolute atomic E-state index is 0.0517. The molecule has 1 aromatic rings. The van der Waals surface area contributed by atoms with E-state index in [-0.39, 0.29) is 17.5 Å². The third-order valence-corrected chi connectivity index (χ3v) is 2.76. The maximum Gasteiger partial charge on any atom is 0.242 e. The molecule has 1 heterocycles. The highest BCUT2D eigenvalue weighted by Gasteiger charge is 2.19. The van der Waals surface area contributed by atoms with Crippen molar-refractivity contribution < 1.29 is 4.79 Å². The van der Waals surface area contributed by atoms with Gasteiger partial charge in [0.15, 0.2) is 0 Å². The Kier molecular flexibility index (Phi) is 5.93. The Morgan fingerprint density at radius 1 is 1.29 bits per heavy atom. The summed E-state index contributed by atoms with van der Waals surface area (Å²) in [5.74, 6) is 2.13. The third-order valence-electron chi connectivity index (χ3n) is 2.76. The molecule has 0 aliphatic heterocycles. The molecule has 0 spiro atoms. The van der Waals surface area contributed by atoms with Crippen LogP contribution in [0.2, 0.25) is 0 Å². The van der Waals surface area contributed by atoms with E-state index in [2.05, 4.69) is 32.8 Å². The molecule has 6 nitrogen and oxygen atoms in total. The first kappa shape index (κ1) is 17.2. The normalized spacial score (nSPS) is 12.7. The van der Waals surface area contributed by atoms with E-state index < -0.39 is 0 Å². The average Bonchev–Trinajstić information content (AvgIpc) is 2.36. The topological polar surface area (TPSA) is 78.9 Å². The van der Waals surface area contributed by atoms with Gasteiger partial charge in [-0.25, -0.2) is 9.97 Å². The van der Waals surface area contributed by atoms with Gasteiger partial charge in [-0.2, -0.15) is 0 Å². The van der Waals surface area contributed by atoms with Gasteiger partial charge in [0.1, 0.15) is 23.5 Å². The number of carbonyl (C=O) groups is 1. The van der Waals surface area contributed by atoms with Crippen LogP contribution in [0.15, 0.2) is 6.07 Å². The Labute approximate surface area is 127 Å². The summed E-state index contributed by atoms with van der Waals surface area (Å²) in [6, 6.07) is 1.44. The summed E-state index contributed by atoms with van der Waals surface area (Å²) < 4.78 is 0. The standard InChI is InChI=1S/C15H27N5O/c1-7-8-11-18-12(16-6)9-13(19-11)17-10(2)14(21)20-15(3,4)5/h9-10H,7-8H2,1-6H3,(H,20,21)(H2,16,17,18,19). The highest BCUT2D eigenvalue weighted by molar-refractivity contribution is 5.84. The second kappa shape index (κ2) is 7.24. The number of rotatable bonds is 6. The van der Waals surface area contributed by atoms with Gasteiger partial charge in [0, 0.05) is 25.1 Å². The summed E-state index contributed by atoms with van der Waals surface area (Å²) in [6.07, 6.45) is 1.79. The lowest BCUT2D eigenvalue weighted by Crippen LogP contribution is -2.47. The summed E-state index contributed by atoms with van der Waals surface area (Å²) in [5.41, 5.74) is -0.248. The quantitative estimate of drug-likeness (QED) is 0.749. The molecule has 0 aliphatic rings. The molecule has 3 N–H and O–H groups in total. The predicted molar refractivity (Wildman–Crippen MR) is 86.6 cm³/mol. The number of hydrogen-bond donors (Lipinski definition) is 3. The molecule has 0 fully saturated rings. The molecule has 1 atom stereocenters. The Hall–Kier alpha value is -1.85. The average molecular weight is 293 g/mol. The summed E-state index contributed by atoms with van der Waals surface area (Å²) in [5, 5.41) is 9.10. The number of nitrogens with zero attached hydrogens (tertiary/aromatic N) is 2. The lowest BCUT2D eigenvalue weighted by Gasteiger charge is -2.24. The Bertz CT molecular complexity index is 481. The fourth-order valence-corrected chi connectivity index (χ4v) is 1.80. The minimum atomic E-state index is -0.363. The van der Waals surface area contributed by atoms with Gasteiger partial charge in [0.2, 0.25) is 5.91 Å². The molecular formula is C15H27N5O. The van der Waals surface area contributed by atoms with Gasteiger partial charge < -0.3 is 16.0 Å². The van der Waals surface area contributed by atoms with E-state index in [0.717, 1.165) is 24.5 Å². The highest BCUT2D eigenvalue weighted by Crippen LogP contribution is 2.13. The van der Waals surface area contributed by atoms with Crippen molar-refractivity contribution in [2.75, 3.05) is 17.7 Å². The van der Waals surface area contributed by atoms with Crippen LogP contribution in [0.5, 0.6) is 0 Å².